The lowest BCUT2D eigenvalue weighted by Gasteiger charge is -1.96. The fraction of sp³-hybridized carbons (Fsp3) is 0.167. The molecule has 2 N–H and O–H groups in total. The molecule has 1 rings (SSSR count). The molecule has 0 saturated heterocycles. The Morgan fingerprint density at radius 3 is 2.88 bits per heavy atom. The lowest BCUT2D eigenvalue weighted by Crippen LogP contribution is -1.97. The van der Waals surface area contributed by atoms with Gasteiger partial charge in [0.05, 0.1) is 12.7 Å². The molecule has 16 heavy (non-hydrogen) atoms. The summed E-state index contributed by atoms with van der Waals surface area (Å²) in [5.74, 6) is 4.93. The summed E-state index contributed by atoms with van der Waals surface area (Å²) in [6.07, 6.45) is -0.00380. The highest BCUT2D eigenvalue weighted by atomic mass is 16.5. The number of benzene rings is 1. The van der Waals surface area contributed by atoms with Gasteiger partial charge >= 0.3 is 5.97 Å². The van der Waals surface area contributed by atoms with Crippen LogP contribution in [0.4, 0.5) is 5.69 Å². The van der Waals surface area contributed by atoms with Gasteiger partial charge in [0, 0.05) is 11.3 Å². The van der Waals surface area contributed by atoms with Crippen molar-refractivity contribution in [2.24, 2.45) is 0 Å². The SMILES string of the molecule is COC(=O)CC#Cc1cc(N)ccc1C#N. The second-order valence-corrected chi connectivity index (χ2v) is 2.97. The van der Waals surface area contributed by atoms with Gasteiger partial charge in [-0.3, -0.25) is 4.79 Å². The lowest BCUT2D eigenvalue weighted by atomic mass is 10.1. The van der Waals surface area contributed by atoms with E-state index in [2.05, 4.69) is 16.6 Å². The molecular formula is C12H10N2O2. The summed E-state index contributed by atoms with van der Waals surface area (Å²) in [7, 11) is 1.30. The zero-order valence-electron chi connectivity index (χ0n) is 8.78. The predicted molar refractivity (Wildman–Crippen MR) is 59.1 cm³/mol. The summed E-state index contributed by atoms with van der Waals surface area (Å²) in [6.45, 7) is 0. The Bertz CT molecular complexity index is 504. The van der Waals surface area contributed by atoms with E-state index in [-0.39, 0.29) is 6.42 Å². The summed E-state index contributed by atoms with van der Waals surface area (Å²) in [6, 6.07) is 6.82. The molecule has 0 aliphatic rings. The van der Waals surface area contributed by atoms with E-state index in [0.29, 0.717) is 16.8 Å². The number of nitrogens with two attached hydrogens (primary N) is 1. The molecule has 0 fully saturated rings. The minimum absolute atomic E-state index is 0.00380. The van der Waals surface area contributed by atoms with E-state index in [4.69, 9.17) is 11.0 Å². The number of nitrogens with zero attached hydrogens (tertiary/aromatic N) is 1. The van der Waals surface area contributed by atoms with Gasteiger partial charge < -0.3 is 10.5 Å². The van der Waals surface area contributed by atoms with Crippen molar-refractivity contribution < 1.29 is 9.53 Å². The van der Waals surface area contributed by atoms with E-state index < -0.39 is 5.97 Å². The van der Waals surface area contributed by atoms with Gasteiger partial charge in [-0.2, -0.15) is 5.26 Å². The Labute approximate surface area is 93.6 Å². The fourth-order valence-electron chi connectivity index (χ4n) is 1.05. The molecule has 0 amide bonds. The van der Waals surface area contributed by atoms with Crippen LogP contribution in [-0.2, 0) is 9.53 Å². The molecule has 0 aliphatic heterocycles. The monoisotopic (exact) mass is 214 g/mol. The highest BCUT2D eigenvalue weighted by molar-refractivity contribution is 5.72. The summed E-state index contributed by atoms with van der Waals surface area (Å²) in [5.41, 5.74) is 7.06. The van der Waals surface area contributed by atoms with E-state index in [0.717, 1.165) is 0 Å². The van der Waals surface area contributed by atoms with E-state index in [1.54, 1.807) is 18.2 Å². The first-order valence-electron chi connectivity index (χ1n) is 4.52. The topological polar surface area (TPSA) is 76.1 Å². The molecule has 80 valence electrons. The van der Waals surface area contributed by atoms with Crippen molar-refractivity contribution in [1.82, 2.24) is 0 Å². The van der Waals surface area contributed by atoms with Crippen LogP contribution in [0.25, 0.3) is 0 Å². The predicted octanol–water partition coefficient (Wildman–Crippen LogP) is 1.06. The highest BCUT2D eigenvalue weighted by Crippen LogP contribution is 2.11. The minimum atomic E-state index is -0.407. The van der Waals surface area contributed by atoms with Crippen LogP contribution in [0, 0.1) is 23.2 Å². The van der Waals surface area contributed by atoms with E-state index in [9.17, 15) is 4.79 Å². The quantitative estimate of drug-likeness (QED) is 0.430. The smallest absolute Gasteiger partial charge is 0.317 e. The van der Waals surface area contributed by atoms with E-state index >= 15 is 0 Å². The molecular weight excluding hydrogens is 204 g/mol. The number of hydrogen-bond donors (Lipinski definition) is 1. The summed E-state index contributed by atoms with van der Waals surface area (Å²) in [5, 5.41) is 8.81. The van der Waals surface area contributed by atoms with Crippen molar-refractivity contribution in [3.05, 3.63) is 29.3 Å². The number of methoxy groups -OCH3 is 1. The third-order valence-electron chi connectivity index (χ3n) is 1.85. The Balaban J connectivity index is 2.92. The Kier molecular flexibility index (Phi) is 3.94. The van der Waals surface area contributed by atoms with Crippen LogP contribution in [-0.4, -0.2) is 13.1 Å². The molecule has 0 spiro atoms. The van der Waals surface area contributed by atoms with Crippen molar-refractivity contribution in [2.45, 2.75) is 6.42 Å². The van der Waals surface area contributed by atoms with Crippen molar-refractivity contribution in [3.8, 4) is 17.9 Å². The number of hydrogen-bond acceptors (Lipinski definition) is 4. The van der Waals surface area contributed by atoms with Gasteiger partial charge in [0.15, 0.2) is 0 Å². The molecule has 4 heteroatoms. The Hall–Kier alpha value is -2.46. The molecule has 0 unspecified atom stereocenters. The molecule has 0 heterocycles. The number of rotatable bonds is 1. The normalized spacial score (nSPS) is 8.50. The molecule has 1 aromatic rings. The molecule has 4 nitrogen and oxygen atoms in total. The standard InChI is InChI=1S/C12H10N2O2/c1-16-12(15)4-2-3-9-7-11(14)6-5-10(9)8-13/h5-7H,4,14H2,1H3. The molecule has 0 radical (unpaired) electrons. The minimum Gasteiger partial charge on any atom is -0.468 e. The molecule has 0 aromatic heterocycles. The molecule has 0 bridgehead atoms. The number of carbonyl (C=O) groups excluding carboxylic acids is 1. The van der Waals surface area contributed by atoms with Gasteiger partial charge in [-0.15, -0.1) is 0 Å². The summed E-state index contributed by atoms with van der Waals surface area (Å²) >= 11 is 0. The first kappa shape index (κ1) is 11.6. The number of nitriles is 1. The van der Waals surface area contributed by atoms with Crippen LogP contribution in [0.3, 0.4) is 0 Å². The maximum atomic E-state index is 10.8. The zero-order valence-corrected chi connectivity index (χ0v) is 8.78. The second-order valence-electron chi connectivity index (χ2n) is 2.97. The first-order valence-corrected chi connectivity index (χ1v) is 4.52. The fourth-order valence-corrected chi connectivity index (χ4v) is 1.05. The van der Waals surface area contributed by atoms with Crippen molar-refractivity contribution in [2.75, 3.05) is 12.8 Å². The number of carbonyl (C=O) groups is 1. The Morgan fingerprint density at radius 1 is 1.50 bits per heavy atom. The van der Waals surface area contributed by atoms with Gasteiger partial charge in [0.2, 0.25) is 0 Å². The zero-order chi connectivity index (χ0) is 12.0. The molecule has 0 atom stereocenters. The largest absolute Gasteiger partial charge is 0.468 e. The summed E-state index contributed by atoms with van der Waals surface area (Å²) in [4.78, 5) is 10.8. The van der Waals surface area contributed by atoms with Gasteiger partial charge in [-0.1, -0.05) is 11.8 Å². The van der Waals surface area contributed by atoms with Crippen LogP contribution in [0.1, 0.15) is 17.5 Å². The van der Waals surface area contributed by atoms with Crippen molar-refractivity contribution in [1.29, 1.82) is 5.26 Å². The van der Waals surface area contributed by atoms with Gasteiger partial charge in [0.1, 0.15) is 12.5 Å². The van der Waals surface area contributed by atoms with Gasteiger partial charge in [-0.25, -0.2) is 0 Å². The molecule has 0 saturated carbocycles. The second kappa shape index (κ2) is 5.43. The average Bonchev–Trinajstić information content (AvgIpc) is 2.29. The number of nitrogen functional groups attached to an aromatic ring is 1. The molecule has 1 aromatic carbocycles. The third-order valence-corrected chi connectivity index (χ3v) is 1.85. The molecule has 0 aliphatic carbocycles. The van der Waals surface area contributed by atoms with Crippen molar-refractivity contribution >= 4 is 11.7 Å². The van der Waals surface area contributed by atoms with Gasteiger partial charge in [-0.05, 0) is 18.2 Å². The maximum Gasteiger partial charge on any atom is 0.317 e. The van der Waals surface area contributed by atoms with Crippen LogP contribution < -0.4 is 5.73 Å². The van der Waals surface area contributed by atoms with Crippen LogP contribution in [0.5, 0.6) is 0 Å². The first-order chi connectivity index (χ1) is 7.67. The van der Waals surface area contributed by atoms with Crippen LogP contribution in [0.2, 0.25) is 0 Å². The Morgan fingerprint density at radius 2 is 2.25 bits per heavy atom. The number of ether oxygens (including phenoxy) is 1. The van der Waals surface area contributed by atoms with Crippen LogP contribution in [0.15, 0.2) is 18.2 Å². The van der Waals surface area contributed by atoms with Gasteiger partial charge in [0.25, 0.3) is 0 Å². The third kappa shape index (κ3) is 3.04. The maximum absolute atomic E-state index is 10.8. The number of esters is 1. The number of anilines is 1. The van der Waals surface area contributed by atoms with Crippen LogP contribution >= 0.6 is 0 Å². The van der Waals surface area contributed by atoms with Crippen molar-refractivity contribution in [3.63, 3.8) is 0 Å². The van der Waals surface area contributed by atoms with E-state index in [1.807, 2.05) is 6.07 Å². The lowest BCUT2D eigenvalue weighted by molar-refractivity contribution is -0.139. The summed E-state index contributed by atoms with van der Waals surface area (Å²) < 4.78 is 4.44. The average molecular weight is 214 g/mol. The highest BCUT2D eigenvalue weighted by Gasteiger charge is 1.99. The van der Waals surface area contributed by atoms with E-state index in [1.165, 1.54) is 7.11 Å².